The molecule has 0 bridgehead atoms. The largest absolute Gasteiger partial charge is 0.493 e. The summed E-state index contributed by atoms with van der Waals surface area (Å²) in [5.41, 5.74) is 9.87. The molecule has 0 aliphatic carbocycles. The van der Waals surface area contributed by atoms with Crippen molar-refractivity contribution in [1.82, 2.24) is 5.43 Å². The molecule has 0 atom stereocenters. The van der Waals surface area contributed by atoms with Crippen LogP contribution in [-0.4, -0.2) is 6.61 Å². The first kappa shape index (κ1) is 14.4. The number of hydrazine groups is 1. The van der Waals surface area contributed by atoms with E-state index in [1.54, 1.807) is 0 Å². The monoisotopic (exact) mass is 270 g/mol. The van der Waals surface area contributed by atoms with Gasteiger partial charge < -0.3 is 10.2 Å². The Hall–Kier alpha value is -2.00. The van der Waals surface area contributed by atoms with E-state index in [9.17, 15) is 0 Å². The van der Waals surface area contributed by atoms with E-state index in [0.29, 0.717) is 0 Å². The van der Waals surface area contributed by atoms with E-state index < -0.39 is 0 Å². The van der Waals surface area contributed by atoms with E-state index in [-0.39, 0.29) is 0 Å². The molecule has 2 rings (SSSR count). The number of rotatable bonds is 7. The molecule has 20 heavy (non-hydrogen) atoms. The van der Waals surface area contributed by atoms with Gasteiger partial charge in [0, 0.05) is 12.2 Å². The Kier molecular flexibility index (Phi) is 5.44. The van der Waals surface area contributed by atoms with Gasteiger partial charge in [0.1, 0.15) is 5.75 Å². The molecule has 106 valence electrons. The quantitative estimate of drug-likeness (QED) is 0.749. The maximum absolute atomic E-state index is 5.68. The van der Waals surface area contributed by atoms with Crippen molar-refractivity contribution in [2.45, 2.75) is 26.8 Å². The summed E-state index contributed by atoms with van der Waals surface area (Å²) in [5, 5.41) is 0. The van der Waals surface area contributed by atoms with Crippen LogP contribution in [-0.2, 0) is 6.54 Å². The molecule has 3 heteroatoms. The van der Waals surface area contributed by atoms with Crippen molar-refractivity contribution in [3.8, 4) is 5.75 Å². The highest BCUT2D eigenvalue weighted by Gasteiger charge is 2.01. The predicted octanol–water partition coefficient (Wildman–Crippen LogP) is 3.90. The number of para-hydroxylation sites is 1. The molecule has 0 aromatic heterocycles. The van der Waals surface area contributed by atoms with E-state index in [0.717, 1.165) is 31.0 Å². The van der Waals surface area contributed by atoms with Gasteiger partial charge in [0.2, 0.25) is 0 Å². The minimum atomic E-state index is 0.768. The predicted molar refractivity (Wildman–Crippen MR) is 83.9 cm³/mol. The highest BCUT2D eigenvalue weighted by Crippen LogP contribution is 2.19. The van der Waals surface area contributed by atoms with Gasteiger partial charge >= 0.3 is 0 Å². The number of aryl methyl sites for hydroxylation is 1. The van der Waals surface area contributed by atoms with E-state index in [4.69, 9.17) is 4.74 Å². The lowest BCUT2D eigenvalue weighted by molar-refractivity contribution is 0.315. The summed E-state index contributed by atoms with van der Waals surface area (Å²) < 4.78 is 5.68. The lowest BCUT2D eigenvalue weighted by Gasteiger charge is -2.11. The summed E-state index contributed by atoms with van der Waals surface area (Å²) in [7, 11) is 0. The third kappa shape index (κ3) is 4.28. The summed E-state index contributed by atoms with van der Waals surface area (Å²) in [6.07, 6.45) is 1.03. The van der Waals surface area contributed by atoms with Crippen LogP contribution in [0.5, 0.6) is 5.75 Å². The lowest BCUT2D eigenvalue weighted by Crippen LogP contribution is -2.20. The van der Waals surface area contributed by atoms with Gasteiger partial charge in [-0.2, -0.15) is 0 Å². The van der Waals surface area contributed by atoms with Crippen LogP contribution < -0.4 is 15.6 Å². The molecule has 0 aliphatic heterocycles. The Morgan fingerprint density at radius 1 is 1.05 bits per heavy atom. The molecule has 0 aliphatic rings. The molecule has 2 N–H and O–H groups in total. The summed E-state index contributed by atoms with van der Waals surface area (Å²) >= 11 is 0. The Morgan fingerprint density at radius 3 is 2.55 bits per heavy atom. The van der Waals surface area contributed by atoms with Crippen molar-refractivity contribution < 1.29 is 4.74 Å². The smallest absolute Gasteiger partial charge is 0.122 e. The highest BCUT2D eigenvalue weighted by molar-refractivity contribution is 5.41. The van der Waals surface area contributed by atoms with Gasteiger partial charge in [-0.05, 0) is 42.7 Å². The fourth-order valence-electron chi connectivity index (χ4n) is 1.97. The van der Waals surface area contributed by atoms with E-state index in [1.807, 2.05) is 36.4 Å². The number of nitrogens with one attached hydrogen (secondary N) is 2. The van der Waals surface area contributed by atoms with Crippen LogP contribution in [0.2, 0.25) is 0 Å². The second-order valence-electron chi connectivity index (χ2n) is 4.79. The maximum Gasteiger partial charge on any atom is 0.122 e. The maximum atomic E-state index is 5.68. The number of benzene rings is 2. The molecule has 0 saturated heterocycles. The number of hydrogen-bond donors (Lipinski definition) is 2. The zero-order chi connectivity index (χ0) is 14.2. The van der Waals surface area contributed by atoms with Crippen LogP contribution in [0.25, 0.3) is 0 Å². The first-order valence-corrected chi connectivity index (χ1v) is 7.06. The molecular formula is C17H22N2O. The standard InChI is InChI=1S/C17H22N2O/c1-3-11-20-17-10-9-15(12-14(17)2)13-18-19-16-7-5-4-6-8-16/h4-10,12,18-19H,3,11,13H2,1-2H3. The SMILES string of the molecule is CCCOc1ccc(CNNc2ccccc2)cc1C. The summed E-state index contributed by atoms with van der Waals surface area (Å²) in [5.74, 6) is 0.978. The fourth-order valence-corrected chi connectivity index (χ4v) is 1.97. The van der Waals surface area contributed by atoms with Gasteiger partial charge in [-0.25, -0.2) is 5.43 Å². The van der Waals surface area contributed by atoms with E-state index in [2.05, 4.69) is 36.8 Å². The minimum Gasteiger partial charge on any atom is -0.493 e. The topological polar surface area (TPSA) is 33.3 Å². The molecule has 0 saturated carbocycles. The average Bonchev–Trinajstić information content (AvgIpc) is 2.47. The zero-order valence-corrected chi connectivity index (χ0v) is 12.1. The normalized spacial score (nSPS) is 10.3. The van der Waals surface area contributed by atoms with Crippen LogP contribution in [0.4, 0.5) is 5.69 Å². The number of hydrogen-bond acceptors (Lipinski definition) is 3. The van der Waals surface area contributed by atoms with Gasteiger partial charge in [0.15, 0.2) is 0 Å². The fraction of sp³-hybridized carbons (Fsp3) is 0.294. The second-order valence-corrected chi connectivity index (χ2v) is 4.79. The van der Waals surface area contributed by atoms with Crippen molar-refractivity contribution in [3.05, 3.63) is 59.7 Å². The molecule has 0 spiro atoms. The van der Waals surface area contributed by atoms with Gasteiger partial charge in [-0.1, -0.05) is 37.3 Å². The first-order chi connectivity index (χ1) is 9.79. The molecular weight excluding hydrogens is 248 g/mol. The summed E-state index contributed by atoms with van der Waals surface area (Å²) in [4.78, 5) is 0. The molecule has 2 aromatic carbocycles. The Bertz CT molecular complexity index is 526. The third-order valence-corrected chi connectivity index (χ3v) is 3.00. The molecule has 0 heterocycles. The van der Waals surface area contributed by atoms with Crippen LogP contribution in [0.3, 0.4) is 0 Å². The van der Waals surface area contributed by atoms with Crippen molar-refractivity contribution in [2.75, 3.05) is 12.0 Å². The van der Waals surface area contributed by atoms with Gasteiger partial charge in [-0.15, -0.1) is 0 Å². The van der Waals surface area contributed by atoms with Crippen molar-refractivity contribution in [2.24, 2.45) is 0 Å². The third-order valence-electron chi connectivity index (χ3n) is 3.00. The molecule has 3 nitrogen and oxygen atoms in total. The average molecular weight is 270 g/mol. The molecule has 0 radical (unpaired) electrons. The Labute approximate surface area is 120 Å². The van der Waals surface area contributed by atoms with Crippen LogP contribution in [0.15, 0.2) is 48.5 Å². The zero-order valence-electron chi connectivity index (χ0n) is 12.1. The van der Waals surface area contributed by atoms with Crippen LogP contribution in [0.1, 0.15) is 24.5 Å². The molecule has 0 fully saturated rings. The Morgan fingerprint density at radius 2 is 1.85 bits per heavy atom. The molecule has 0 amide bonds. The Balaban J connectivity index is 1.85. The van der Waals surface area contributed by atoms with Crippen molar-refractivity contribution >= 4 is 5.69 Å². The molecule has 0 unspecified atom stereocenters. The minimum absolute atomic E-state index is 0.768. The van der Waals surface area contributed by atoms with Gasteiger partial charge in [0.25, 0.3) is 0 Å². The van der Waals surface area contributed by atoms with Gasteiger partial charge in [-0.3, -0.25) is 0 Å². The van der Waals surface area contributed by atoms with Gasteiger partial charge in [0.05, 0.1) is 6.61 Å². The van der Waals surface area contributed by atoms with E-state index >= 15 is 0 Å². The van der Waals surface area contributed by atoms with Crippen LogP contribution in [0, 0.1) is 6.92 Å². The van der Waals surface area contributed by atoms with Crippen molar-refractivity contribution in [3.63, 3.8) is 0 Å². The number of ether oxygens (including phenoxy) is 1. The summed E-state index contributed by atoms with van der Waals surface area (Å²) in [6.45, 7) is 5.74. The summed E-state index contributed by atoms with van der Waals surface area (Å²) in [6, 6.07) is 16.4. The van der Waals surface area contributed by atoms with Crippen molar-refractivity contribution in [1.29, 1.82) is 0 Å². The molecule has 2 aromatic rings. The van der Waals surface area contributed by atoms with Crippen LogP contribution >= 0.6 is 0 Å². The number of anilines is 1. The highest BCUT2D eigenvalue weighted by atomic mass is 16.5. The van der Waals surface area contributed by atoms with E-state index in [1.165, 1.54) is 11.1 Å². The first-order valence-electron chi connectivity index (χ1n) is 7.06. The lowest BCUT2D eigenvalue weighted by atomic mass is 10.1. The second kappa shape index (κ2) is 7.56.